The molecule has 15 heteroatoms. The predicted octanol–water partition coefficient (Wildman–Crippen LogP) is -1.11. The Labute approximate surface area is 243 Å². The van der Waals surface area contributed by atoms with Gasteiger partial charge in [-0.1, -0.05) is 0 Å². The summed E-state index contributed by atoms with van der Waals surface area (Å²) >= 11 is 5.52. The average Bonchev–Trinajstić information content (AvgIpc) is 2.81. The molecule has 7 N–H and O–H groups in total. The zero-order chi connectivity index (χ0) is 27.0. The minimum atomic E-state index is -1.19. The van der Waals surface area contributed by atoms with Gasteiger partial charge in [0.2, 0.25) is 5.91 Å². The first-order chi connectivity index (χ1) is 16.4. The van der Waals surface area contributed by atoms with E-state index in [0.717, 1.165) is 9.80 Å². The van der Waals surface area contributed by atoms with Gasteiger partial charge >= 0.3 is 0 Å². The smallest absolute Gasteiger partial charge is 0.255 e. The number of hydrogen-bond donors (Lipinski definition) is 7. The molecule has 0 aromatic heterocycles. The molecule has 0 fully saturated rings. The highest BCUT2D eigenvalue weighted by atomic mass is 127. The van der Waals surface area contributed by atoms with Crippen molar-refractivity contribution in [2.75, 3.05) is 58.9 Å². The summed E-state index contributed by atoms with van der Waals surface area (Å²) in [5, 5.41) is 59.1. The predicted molar refractivity (Wildman–Crippen MR) is 151 cm³/mol. The number of amides is 3. The van der Waals surface area contributed by atoms with Gasteiger partial charge in [0, 0.05) is 30.8 Å². The first kappa shape index (κ1) is 32.6. The van der Waals surface area contributed by atoms with Gasteiger partial charge in [-0.2, -0.15) is 0 Å². The lowest BCUT2D eigenvalue weighted by Crippen LogP contribution is -2.39. The molecule has 198 valence electrons. The SMILES string of the molecule is CN(C[C@H](O)CO)C(=O)c1c(I)c(NC(=O)C(CO)CO)c(I)c(C(=O)N(C)C[C@H](O)CO)c1I. The van der Waals surface area contributed by atoms with Gasteiger partial charge in [-0.15, -0.1) is 0 Å². The molecule has 0 bridgehead atoms. The van der Waals surface area contributed by atoms with Crippen LogP contribution in [-0.4, -0.2) is 124 Å². The van der Waals surface area contributed by atoms with Crippen molar-refractivity contribution in [2.45, 2.75) is 12.2 Å². The fourth-order valence-corrected chi connectivity index (χ4v) is 7.25. The van der Waals surface area contributed by atoms with Gasteiger partial charge in [0.1, 0.15) is 0 Å². The van der Waals surface area contributed by atoms with Crippen molar-refractivity contribution in [3.8, 4) is 0 Å². The topological polar surface area (TPSA) is 191 Å². The number of aliphatic hydroxyl groups is 6. The normalized spacial score (nSPS) is 12.9. The first-order valence-electron chi connectivity index (χ1n) is 10.2. The Morgan fingerprint density at radius 3 is 1.43 bits per heavy atom. The molecular weight excluding hydrogens is 807 g/mol. The molecule has 0 spiro atoms. The minimum Gasteiger partial charge on any atom is -0.395 e. The number of aliphatic hydroxyl groups excluding tert-OH is 6. The molecule has 35 heavy (non-hydrogen) atoms. The molecule has 0 unspecified atom stereocenters. The van der Waals surface area contributed by atoms with Crippen LogP contribution >= 0.6 is 67.8 Å². The van der Waals surface area contributed by atoms with Gasteiger partial charge < -0.3 is 45.8 Å². The largest absolute Gasteiger partial charge is 0.395 e. The highest BCUT2D eigenvalue weighted by Gasteiger charge is 2.32. The summed E-state index contributed by atoms with van der Waals surface area (Å²) in [7, 11) is 2.81. The molecule has 1 aromatic carbocycles. The van der Waals surface area contributed by atoms with E-state index in [0.29, 0.717) is 0 Å². The molecule has 0 aliphatic heterocycles. The second-order valence-corrected chi connectivity index (χ2v) is 10.9. The molecule has 2 atom stereocenters. The zero-order valence-corrected chi connectivity index (χ0v) is 25.4. The van der Waals surface area contributed by atoms with Gasteiger partial charge in [-0.25, -0.2) is 0 Å². The van der Waals surface area contributed by atoms with Crippen molar-refractivity contribution in [1.82, 2.24) is 9.80 Å². The van der Waals surface area contributed by atoms with Crippen LogP contribution in [0.1, 0.15) is 20.7 Å². The Morgan fingerprint density at radius 2 is 1.11 bits per heavy atom. The molecule has 12 nitrogen and oxygen atoms in total. The van der Waals surface area contributed by atoms with Crippen molar-refractivity contribution < 1.29 is 45.0 Å². The fraction of sp³-hybridized carbons (Fsp3) is 0.550. The summed E-state index contributed by atoms with van der Waals surface area (Å²) < 4.78 is 0.814. The van der Waals surface area contributed by atoms with Crippen molar-refractivity contribution in [3.05, 3.63) is 21.8 Å². The molecule has 1 rings (SSSR count). The molecule has 0 aliphatic rings. The lowest BCUT2D eigenvalue weighted by molar-refractivity contribution is -0.122. The lowest BCUT2D eigenvalue weighted by Gasteiger charge is -2.26. The summed E-state index contributed by atoms with van der Waals surface area (Å²) in [6.07, 6.45) is -2.38. The Kier molecular flexibility index (Phi) is 14.1. The molecule has 0 saturated heterocycles. The Morgan fingerprint density at radius 1 is 0.743 bits per heavy atom. The Hall–Kier alpha value is -0.420. The van der Waals surface area contributed by atoms with Crippen LogP contribution in [0.3, 0.4) is 0 Å². The highest BCUT2D eigenvalue weighted by Crippen LogP contribution is 2.37. The number of rotatable bonds is 12. The molecule has 0 aliphatic carbocycles. The first-order valence-corrected chi connectivity index (χ1v) is 13.4. The lowest BCUT2D eigenvalue weighted by atomic mass is 10.1. The van der Waals surface area contributed by atoms with E-state index in [-0.39, 0.29) is 40.6 Å². The highest BCUT2D eigenvalue weighted by molar-refractivity contribution is 14.1. The number of benzene rings is 1. The van der Waals surface area contributed by atoms with Crippen LogP contribution in [0.25, 0.3) is 0 Å². The van der Waals surface area contributed by atoms with Crippen molar-refractivity contribution >= 4 is 91.2 Å². The van der Waals surface area contributed by atoms with E-state index in [1.807, 2.05) is 67.8 Å². The summed E-state index contributed by atoms with van der Waals surface area (Å²) in [6.45, 7) is -2.77. The van der Waals surface area contributed by atoms with Gasteiger partial charge in [0.15, 0.2) is 0 Å². The van der Waals surface area contributed by atoms with Crippen LogP contribution in [0.2, 0.25) is 0 Å². The molecule has 0 radical (unpaired) electrons. The van der Waals surface area contributed by atoms with Crippen LogP contribution in [0.15, 0.2) is 0 Å². The van der Waals surface area contributed by atoms with E-state index < -0.39 is 62.3 Å². The number of nitrogens with zero attached hydrogens (tertiary/aromatic N) is 2. The number of hydrogen-bond acceptors (Lipinski definition) is 9. The van der Waals surface area contributed by atoms with E-state index >= 15 is 0 Å². The quantitative estimate of drug-likeness (QED) is 0.128. The number of carbonyl (C=O) groups excluding carboxylic acids is 3. The van der Waals surface area contributed by atoms with Crippen LogP contribution in [0, 0.1) is 16.6 Å². The van der Waals surface area contributed by atoms with Gasteiger partial charge in [0.05, 0.1) is 68.5 Å². The number of halogens is 3. The third-order valence-corrected chi connectivity index (χ3v) is 8.12. The van der Waals surface area contributed by atoms with E-state index in [1.165, 1.54) is 14.1 Å². The third-order valence-electron chi connectivity index (χ3n) is 4.89. The van der Waals surface area contributed by atoms with Crippen LogP contribution in [0.4, 0.5) is 5.69 Å². The van der Waals surface area contributed by atoms with Gasteiger partial charge in [0.25, 0.3) is 11.8 Å². The van der Waals surface area contributed by atoms with E-state index in [2.05, 4.69) is 5.32 Å². The maximum Gasteiger partial charge on any atom is 0.255 e. The maximum atomic E-state index is 13.3. The average molecular weight is 835 g/mol. The summed E-state index contributed by atoms with van der Waals surface area (Å²) in [4.78, 5) is 41.6. The van der Waals surface area contributed by atoms with Crippen molar-refractivity contribution in [2.24, 2.45) is 5.92 Å². The van der Waals surface area contributed by atoms with E-state index in [1.54, 1.807) is 0 Å². The molecule has 1 aromatic rings. The third kappa shape index (κ3) is 8.28. The Bertz CT molecular complexity index is 874. The number of anilines is 1. The monoisotopic (exact) mass is 835 g/mol. The van der Waals surface area contributed by atoms with Crippen LogP contribution in [0.5, 0.6) is 0 Å². The molecular formula is C20H28I3N3O9. The number of carbonyl (C=O) groups is 3. The minimum absolute atomic E-state index is 0.0542. The van der Waals surface area contributed by atoms with Crippen LogP contribution in [-0.2, 0) is 4.79 Å². The molecule has 0 saturated carbocycles. The second-order valence-electron chi connectivity index (χ2n) is 7.66. The van der Waals surface area contributed by atoms with Crippen LogP contribution < -0.4 is 5.32 Å². The zero-order valence-electron chi connectivity index (χ0n) is 18.9. The molecule has 3 amide bonds. The number of likely N-dealkylation sites (N-methyl/N-ethyl adjacent to an activating group) is 2. The maximum absolute atomic E-state index is 13.3. The van der Waals surface area contributed by atoms with Crippen molar-refractivity contribution in [1.29, 1.82) is 0 Å². The van der Waals surface area contributed by atoms with E-state index in [9.17, 15) is 34.8 Å². The Balaban J connectivity index is 3.73. The van der Waals surface area contributed by atoms with Gasteiger partial charge in [-0.3, -0.25) is 14.4 Å². The summed E-state index contributed by atoms with van der Waals surface area (Å²) in [5.41, 5.74) is 0.222. The standard InChI is InChI=1S/C20H28I3N3O9/c1-25(3-10(31)7-29)19(34)12-14(21)13(20(35)26(2)4-11(32)8-30)16(23)17(15(12)22)24-18(33)9(5-27)6-28/h9-11,27-32H,3-8H2,1-2H3,(H,24,33)/t10-,11-/m0/s1. The molecule has 0 heterocycles. The summed E-state index contributed by atoms with van der Waals surface area (Å²) in [5.74, 6) is -3.04. The van der Waals surface area contributed by atoms with Gasteiger partial charge in [-0.05, 0) is 67.8 Å². The van der Waals surface area contributed by atoms with Crippen molar-refractivity contribution in [3.63, 3.8) is 0 Å². The second kappa shape index (κ2) is 15.1. The number of nitrogens with one attached hydrogen (secondary N) is 1. The fourth-order valence-electron chi connectivity index (χ4n) is 2.89. The van der Waals surface area contributed by atoms with E-state index in [4.69, 9.17) is 10.2 Å². The summed E-state index contributed by atoms with van der Waals surface area (Å²) in [6, 6.07) is 0.